The largest absolute Gasteiger partial charge is 0.481 e. The van der Waals surface area contributed by atoms with Gasteiger partial charge in [0.05, 0.1) is 11.6 Å². The Morgan fingerprint density at radius 2 is 2.07 bits per heavy atom. The van der Waals surface area contributed by atoms with Gasteiger partial charge in [-0.1, -0.05) is 24.3 Å². The van der Waals surface area contributed by atoms with E-state index >= 15 is 0 Å². The molecule has 0 saturated heterocycles. The molecule has 0 radical (unpaired) electrons. The van der Waals surface area contributed by atoms with Crippen LogP contribution in [0.1, 0.15) is 24.0 Å². The molecular formula is C12H11NO2. The molecule has 1 aromatic rings. The van der Waals surface area contributed by atoms with Crippen molar-refractivity contribution < 1.29 is 9.90 Å². The van der Waals surface area contributed by atoms with Gasteiger partial charge in [0.1, 0.15) is 0 Å². The molecular weight excluding hydrogens is 190 g/mol. The summed E-state index contributed by atoms with van der Waals surface area (Å²) >= 11 is 0. The Labute approximate surface area is 88.3 Å². The van der Waals surface area contributed by atoms with Crippen LogP contribution in [0.2, 0.25) is 0 Å². The highest BCUT2D eigenvalue weighted by Gasteiger charge is 1.92. The summed E-state index contributed by atoms with van der Waals surface area (Å²) in [5, 5.41) is 17.0. The molecule has 0 unspecified atom stereocenters. The monoisotopic (exact) mass is 201 g/mol. The fourth-order valence-corrected chi connectivity index (χ4v) is 1.09. The maximum atomic E-state index is 10.2. The van der Waals surface area contributed by atoms with Gasteiger partial charge in [-0.05, 0) is 24.1 Å². The number of hydrogen-bond donors (Lipinski definition) is 1. The van der Waals surface area contributed by atoms with Crippen molar-refractivity contribution in [3.8, 4) is 6.07 Å². The zero-order chi connectivity index (χ0) is 11.1. The Morgan fingerprint density at radius 1 is 1.40 bits per heavy atom. The zero-order valence-electron chi connectivity index (χ0n) is 8.18. The number of carboxylic acids is 1. The SMILES string of the molecule is N#Cc1ccc(C=CCCC(=O)O)cc1. The van der Waals surface area contributed by atoms with Gasteiger partial charge in [0, 0.05) is 6.42 Å². The van der Waals surface area contributed by atoms with E-state index in [4.69, 9.17) is 10.4 Å². The molecule has 0 bridgehead atoms. The third-order valence-corrected chi connectivity index (χ3v) is 1.87. The summed E-state index contributed by atoms with van der Waals surface area (Å²) in [5.74, 6) is -0.792. The lowest BCUT2D eigenvalue weighted by Gasteiger charge is -1.93. The van der Waals surface area contributed by atoms with Crippen LogP contribution in [-0.2, 0) is 4.79 Å². The number of aliphatic carboxylic acids is 1. The van der Waals surface area contributed by atoms with E-state index in [-0.39, 0.29) is 6.42 Å². The van der Waals surface area contributed by atoms with Crippen molar-refractivity contribution in [1.82, 2.24) is 0 Å². The van der Waals surface area contributed by atoms with Gasteiger partial charge in [0.15, 0.2) is 0 Å². The topological polar surface area (TPSA) is 61.1 Å². The van der Waals surface area contributed by atoms with Gasteiger partial charge >= 0.3 is 5.97 Å². The summed E-state index contributed by atoms with van der Waals surface area (Å²) in [6.45, 7) is 0. The number of nitrogens with zero attached hydrogens (tertiary/aromatic N) is 1. The first-order chi connectivity index (χ1) is 7.22. The molecule has 0 fully saturated rings. The number of carboxylic acid groups (broad SMARTS) is 1. The summed E-state index contributed by atoms with van der Waals surface area (Å²) in [7, 11) is 0. The van der Waals surface area contributed by atoms with Crippen LogP contribution in [0.3, 0.4) is 0 Å². The van der Waals surface area contributed by atoms with Gasteiger partial charge in [0.25, 0.3) is 0 Å². The van der Waals surface area contributed by atoms with Crippen molar-refractivity contribution in [3.05, 3.63) is 41.5 Å². The summed E-state index contributed by atoms with van der Waals surface area (Å²) in [5.41, 5.74) is 1.59. The first kappa shape index (κ1) is 11.0. The zero-order valence-corrected chi connectivity index (χ0v) is 8.18. The Hall–Kier alpha value is -2.08. The van der Waals surface area contributed by atoms with Crippen molar-refractivity contribution in [2.45, 2.75) is 12.8 Å². The van der Waals surface area contributed by atoms with E-state index in [1.165, 1.54) is 0 Å². The van der Waals surface area contributed by atoms with Crippen LogP contribution in [0.4, 0.5) is 0 Å². The third kappa shape index (κ3) is 4.10. The molecule has 3 heteroatoms. The second-order valence-electron chi connectivity index (χ2n) is 3.07. The second-order valence-corrected chi connectivity index (χ2v) is 3.07. The summed E-state index contributed by atoms with van der Waals surface area (Å²) < 4.78 is 0. The van der Waals surface area contributed by atoms with Crippen LogP contribution in [0, 0.1) is 11.3 Å². The predicted octanol–water partition coefficient (Wildman–Crippen LogP) is 2.44. The van der Waals surface area contributed by atoms with Crippen molar-refractivity contribution in [1.29, 1.82) is 5.26 Å². The summed E-state index contributed by atoms with van der Waals surface area (Å²) in [6.07, 6.45) is 4.34. The van der Waals surface area contributed by atoms with Crippen LogP contribution in [0.5, 0.6) is 0 Å². The van der Waals surface area contributed by atoms with Gasteiger partial charge < -0.3 is 5.11 Å². The van der Waals surface area contributed by atoms with Gasteiger partial charge in [-0.2, -0.15) is 5.26 Å². The fraction of sp³-hybridized carbons (Fsp3) is 0.167. The average molecular weight is 201 g/mol. The predicted molar refractivity (Wildman–Crippen MR) is 57.1 cm³/mol. The molecule has 0 aromatic heterocycles. The van der Waals surface area contributed by atoms with E-state index in [0.29, 0.717) is 12.0 Å². The van der Waals surface area contributed by atoms with Crippen molar-refractivity contribution in [2.24, 2.45) is 0 Å². The lowest BCUT2D eigenvalue weighted by atomic mass is 10.1. The van der Waals surface area contributed by atoms with Crippen molar-refractivity contribution >= 4 is 12.0 Å². The number of allylic oxidation sites excluding steroid dienone is 1. The standard InChI is InChI=1S/C12H11NO2/c13-9-11-7-5-10(6-8-11)3-1-2-4-12(14)15/h1,3,5-8H,2,4H2,(H,14,15). The van der Waals surface area contributed by atoms with Crippen molar-refractivity contribution in [2.75, 3.05) is 0 Å². The first-order valence-corrected chi connectivity index (χ1v) is 4.61. The van der Waals surface area contributed by atoms with Crippen LogP contribution in [-0.4, -0.2) is 11.1 Å². The second kappa shape index (κ2) is 5.61. The highest BCUT2D eigenvalue weighted by atomic mass is 16.4. The average Bonchev–Trinajstić information content (AvgIpc) is 2.25. The van der Waals surface area contributed by atoms with Crippen LogP contribution in [0.15, 0.2) is 30.3 Å². The molecule has 0 heterocycles. The van der Waals surface area contributed by atoms with Crippen LogP contribution < -0.4 is 0 Å². The Bertz CT molecular complexity index is 399. The van der Waals surface area contributed by atoms with Crippen molar-refractivity contribution in [3.63, 3.8) is 0 Å². The molecule has 0 aliphatic heterocycles. The molecule has 0 aliphatic rings. The lowest BCUT2D eigenvalue weighted by molar-refractivity contribution is -0.136. The quantitative estimate of drug-likeness (QED) is 0.813. The van der Waals surface area contributed by atoms with E-state index in [9.17, 15) is 4.79 Å². The number of carbonyl (C=O) groups is 1. The lowest BCUT2D eigenvalue weighted by Crippen LogP contribution is -1.91. The molecule has 0 spiro atoms. The van der Waals surface area contributed by atoms with E-state index in [2.05, 4.69) is 0 Å². The minimum Gasteiger partial charge on any atom is -0.481 e. The van der Waals surface area contributed by atoms with Crippen LogP contribution >= 0.6 is 0 Å². The van der Waals surface area contributed by atoms with Gasteiger partial charge in [0.2, 0.25) is 0 Å². The van der Waals surface area contributed by atoms with Gasteiger partial charge in [-0.25, -0.2) is 0 Å². The minimum absolute atomic E-state index is 0.146. The molecule has 0 saturated carbocycles. The molecule has 15 heavy (non-hydrogen) atoms. The first-order valence-electron chi connectivity index (χ1n) is 4.61. The number of benzene rings is 1. The maximum absolute atomic E-state index is 10.2. The molecule has 0 aliphatic carbocycles. The Morgan fingerprint density at radius 3 is 2.60 bits per heavy atom. The van der Waals surface area contributed by atoms with E-state index in [1.807, 2.05) is 30.4 Å². The number of hydrogen-bond acceptors (Lipinski definition) is 2. The van der Waals surface area contributed by atoms with Gasteiger partial charge in [-0.3, -0.25) is 4.79 Å². The summed E-state index contributed by atoms with van der Waals surface area (Å²) in [6, 6.07) is 9.16. The molecule has 76 valence electrons. The highest BCUT2D eigenvalue weighted by Crippen LogP contribution is 2.06. The Kier molecular flexibility index (Phi) is 4.11. The fourth-order valence-electron chi connectivity index (χ4n) is 1.09. The summed E-state index contributed by atoms with van der Waals surface area (Å²) in [4.78, 5) is 10.2. The van der Waals surface area contributed by atoms with Gasteiger partial charge in [-0.15, -0.1) is 0 Å². The third-order valence-electron chi connectivity index (χ3n) is 1.87. The van der Waals surface area contributed by atoms with Crippen LogP contribution in [0.25, 0.3) is 6.08 Å². The molecule has 1 N–H and O–H groups in total. The Balaban J connectivity index is 2.50. The molecule has 1 rings (SSSR count). The molecule has 0 amide bonds. The highest BCUT2D eigenvalue weighted by molar-refractivity contribution is 5.67. The van der Waals surface area contributed by atoms with E-state index < -0.39 is 5.97 Å². The maximum Gasteiger partial charge on any atom is 0.303 e. The van der Waals surface area contributed by atoms with E-state index in [1.54, 1.807) is 12.1 Å². The van der Waals surface area contributed by atoms with E-state index in [0.717, 1.165) is 5.56 Å². The number of rotatable bonds is 4. The number of nitriles is 1. The molecule has 0 atom stereocenters. The minimum atomic E-state index is -0.792. The molecule has 3 nitrogen and oxygen atoms in total. The normalized spacial score (nSPS) is 10.1. The molecule has 1 aromatic carbocycles. The smallest absolute Gasteiger partial charge is 0.303 e.